The highest BCUT2D eigenvalue weighted by molar-refractivity contribution is 7.13. The summed E-state index contributed by atoms with van der Waals surface area (Å²) in [6.45, 7) is 0.167. The third-order valence-corrected chi connectivity index (χ3v) is 4.89. The van der Waals surface area contributed by atoms with Crippen LogP contribution in [0, 0.1) is 0 Å². The molecule has 0 bridgehead atoms. The second-order valence-electron chi connectivity index (χ2n) is 5.92. The van der Waals surface area contributed by atoms with Crippen molar-refractivity contribution in [3.05, 3.63) is 69.0 Å². The van der Waals surface area contributed by atoms with Crippen LogP contribution in [0.3, 0.4) is 0 Å². The number of aromatic nitrogens is 4. The van der Waals surface area contributed by atoms with Crippen LogP contribution in [0.2, 0.25) is 0 Å². The largest absolute Gasteiger partial charge is 0.437 e. The molecule has 1 amide bonds. The predicted molar refractivity (Wildman–Crippen MR) is 103 cm³/mol. The summed E-state index contributed by atoms with van der Waals surface area (Å²) < 4.78 is 7.51. The van der Waals surface area contributed by atoms with Crippen LogP contribution in [0.4, 0.5) is 0 Å². The van der Waals surface area contributed by atoms with E-state index in [1.54, 1.807) is 30.3 Å². The van der Waals surface area contributed by atoms with E-state index >= 15 is 0 Å². The molecule has 0 saturated carbocycles. The van der Waals surface area contributed by atoms with Crippen molar-refractivity contribution in [2.45, 2.75) is 13.1 Å². The molecule has 142 valence electrons. The van der Waals surface area contributed by atoms with Gasteiger partial charge in [-0.25, -0.2) is 9.78 Å². The van der Waals surface area contributed by atoms with Crippen LogP contribution < -0.4 is 16.6 Å². The monoisotopic (exact) mass is 397 g/mol. The number of nitrogens with zero attached hydrogens (tertiary/aromatic N) is 4. The van der Waals surface area contributed by atoms with Crippen LogP contribution in [0.15, 0.2) is 62.1 Å². The van der Waals surface area contributed by atoms with Crippen LogP contribution in [-0.4, -0.2) is 31.8 Å². The van der Waals surface area contributed by atoms with Crippen LogP contribution >= 0.6 is 11.3 Å². The molecule has 10 heteroatoms. The fraction of sp³-hybridized carbons (Fsp3) is 0.167. The van der Waals surface area contributed by atoms with Gasteiger partial charge in [-0.1, -0.05) is 18.2 Å². The summed E-state index contributed by atoms with van der Waals surface area (Å²) in [5.74, 6) is -0.707. The third-order valence-electron chi connectivity index (χ3n) is 4.03. The van der Waals surface area contributed by atoms with E-state index in [0.717, 1.165) is 9.56 Å². The Balaban J connectivity index is 1.37. The number of hydrogen-bond acceptors (Lipinski definition) is 7. The van der Waals surface area contributed by atoms with Gasteiger partial charge in [0.2, 0.25) is 5.91 Å². The topological polar surface area (TPSA) is 112 Å². The molecule has 4 aromatic rings. The molecule has 1 aromatic carbocycles. The Morgan fingerprint density at radius 3 is 2.86 bits per heavy atom. The van der Waals surface area contributed by atoms with Crippen LogP contribution in [0.1, 0.15) is 0 Å². The minimum Gasteiger partial charge on any atom is -0.387 e. The van der Waals surface area contributed by atoms with E-state index in [4.69, 9.17) is 4.42 Å². The number of para-hydroxylation sites is 1. The molecule has 0 spiro atoms. The summed E-state index contributed by atoms with van der Waals surface area (Å²) in [6.07, 6.45) is 1.35. The van der Waals surface area contributed by atoms with E-state index in [9.17, 15) is 14.4 Å². The number of amides is 1. The van der Waals surface area contributed by atoms with Gasteiger partial charge < -0.3 is 9.73 Å². The molecule has 1 N–H and O–H groups in total. The molecule has 0 radical (unpaired) electrons. The maximum absolute atomic E-state index is 12.4. The number of thiophene rings is 1. The van der Waals surface area contributed by atoms with Gasteiger partial charge in [-0.2, -0.15) is 4.68 Å². The van der Waals surface area contributed by atoms with Crippen molar-refractivity contribution in [2.75, 3.05) is 6.54 Å². The van der Waals surface area contributed by atoms with Gasteiger partial charge in [0.15, 0.2) is 0 Å². The van der Waals surface area contributed by atoms with Crippen LogP contribution in [-0.2, 0) is 17.9 Å². The number of carbonyl (C=O) groups is 1. The molecular weight excluding hydrogens is 382 g/mol. The van der Waals surface area contributed by atoms with Gasteiger partial charge in [0.05, 0.1) is 28.7 Å². The molecule has 0 unspecified atom stereocenters. The van der Waals surface area contributed by atoms with E-state index in [0.29, 0.717) is 10.9 Å². The molecule has 0 saturated heterocycles. The fourth-order valence-corrected chi connectivity index (χ4v) is 3.32. The Morgan fingerprint density at radius 2 is 2.04 bits per heavy atom. The number of benzene rings is 1. The van der Waals surface area contributed by atoms with Crippen molar-refractivity contribution in [1.82, 2.24) is 24.6 Å². The molecule has 4 rings (SSSR count). The van der Waals surface area contributed by atoms with Crippen molar-refractivity contribution in [2.24, 2.45) is 0 Å². The summed E-state index contributed by atoms with van der Waals surface area (Å²) in [5, 5.41) is 9.08. The van der Waals surface area contributed by atoms with Crippen LogP contribution in [0.5, 0.6) is 0 Å². The third kappa shape index (κ3) is 3.62. The molecule has 0 aliphatic carbocycles. The average molecular weight is 397 g/mol. The molecule has 28 heavy (non-hydrogen) atoms. The molecule has 3 aromatic heterocycles. The lowest BCUT2D eigenvalue weighted by molar-refractivity contribution is -0.121. The molecule has 0 aliphatic rings. The predicted octanol–water partition coefficient (Wildman–Crippen LogP) is 1.09. The first-order valence-electron chi connectivity index (χ1n) is 8.44. The first-order chi connectivity index (χ1) is 13.6. The van der Waals surface area contributed by atoms with E-state index in [2.05, 4.69) is 15.4 Å². The number of fused-ring (bicyclic) bond motifs is 1. The normalized spacial score (nSPS) is 11.0. The van der Waals surface area contributed by atoms with E-state index in [-0.39, 0.29) is 37.0 Å². The van der Waals surface area contributed by atoms with Gasteiger partial charge in [0.25, 0.3) is 11.4 Å². The van der Waals surface area contributed by atoms with E-state index in [1.165, 1.54) is 22.2 Å². The standard InChI is InChI=1S/C18H15N5O4S/c24-15(10-22-11-20-13-5-2-1-4-12(13)17(22)25)19-7-8-23-18(26)27-16(21-23)14-6-3-9-28-14/h1-6,9,11H,7-8,10H2,(H,19,24). The van der Waals surface area contributed by atoms with E-state index < -0.39 is 5.76 Å². The van der Waals surface area contributed by atoms with Crippen molar-refractivity contribution in [3.8, 4) is 10.8 Å². The zero-order valence-electron chi connectivity index (χ0n) is 14.6. The average Bonchev–Trinajstić information content (AvgIpc) is 3.34. The van der Waals surface area contributed by atoms with Gasteiger partial charge in [0, 0.05) is 6.54 Å². The minimum absolute atomic E-state index is 0.157. The first-order valence-corrected chi connectivity index (χ1v) is 9.32. The summed E-state index contributed by atoms with van der Waals surface area (Å²) >= 11 is 1.41. The maximum Gasteiger partial charge on any atom is 0.437 e. The smallest absolute Gasteiger partial charge is 0.387 e. The van der Waals surface area contributed by atoms with Crippen molar-refractivity contribution in [3.63, 3.8) is 0 Å². The number of hydrogen-bond donors (Lipinski definition) is 1. The van der Waals surface area contributed by atoms with Crippen LogP contribution in [0.25, 0.3) is 21.7 Å². The summed E-state index contributed by atoms with van der Waals surface area (Å²) in [4.78, 5) is 41.3. The zero-order valence-corrected chi connectivity index (χ0v) is 15.4. The second kappa shape index (κ2) is 7.61. The molecule has 9 nitrogen and oxygen atoms in total. The quantitative estimate of drug-likeness (QED) is 0.521. The molecule has 0 fully saturated rings. The zero-order chi connectivity index (χ0) is 19.5. The maximum atomic E-state index is 12.4. The Labute approximate surface area is 161 Å². The number of rotatable bonds is 6. The highest BCUT2D eigenvalue weighted by Gasteiger charge is 2.12. The highest BCUT2D eigenvalue weighted by atomic mass is 32.1. The molecule has 3 heterocycles. The number of carbonyl (C=O) groups excluding carboxylic acids is 1. The van der Waals surface area contributed by atoms with Gasteiger partial charge >= 0.3 is 5.76 Å². The summed E-state index contributed by atoms with van der Waals surface area (Å²) in [7, 11) is 0. The minimum atomic E-state index is -0.590. The second-order valence-corrected chi connectivity index (χ2v) is 6.87. The lowest BCUT2D eigenvalue weighted by atomic mass is 10.2. The summed E-state index contributed by atoms with van der Waals surface area (Å²) in [5.41, 5.74) is 0.296. The lowest BCUT2D eigenvalue weighted by Gasteiger charge is -2.07. The molecular formula is C18H15N5O4S. The number of nitrogens with one attached hydrogen (secondary N) is 1. The van der Waals surface area contributed by atoms with Gasteiger partial charge in [0.1, 0.15) is 6.54 Å². The SMILES string of the molecule is O=C(Cn1cnc2ccccc2c1=O)NCCn1nc(-c2cccs2)oc1=O. The molecule has 0 aliphatic heterocycles. The van der Waals surface area contributed by atoms with Gasteiger partial charge in [-0.05, 0) is 23.6 Å². The summed E-state index contributed by atoms with van der Waals surface area (Å²) in [6, 6.07) is 10.6. The highest BCUT2D eigenvalue weighted by Crippen LogP contribution is 2.20. The van der Waals surface area contributed by atoms with E-state index in [1.807, 2.05) is 11.4 Å². The van der Waals surface area contributed by atoms with Crippen molar-refractivity contribution >= 4 is 28.1 Å². The molecule has 0 atom stereocenters. The Kier molecular flexibility index (Phi) is 4.85. The Bertz CT molecular complexity index is 1240. The Morgan fingerprint density at radius 1 is 1.18 bits per heavy atom. The fourth-order valence-electron chi connectivity index (χ4n) is 2.68. The van der Waals surface area contributed by atoms with Crippen molar-refractivity contribution < 1.29 is 9.21 Å². The van der Waals surface area contributed by atoms with Crippen molar-refractivity contribution in [1.29, 1.82) is 0 Å². The van der Waals surface area contributed by atoms with Gasteiger partial charge in [-0.3, -0.25) is 14.2 Å². The van der Waals surface area contributed by atoms with Gasteiger partial charge in [-0.15, -0.1) is 16.4 Å². The lowest BCUT2D eigenvalue weighted by Crippen LogP contribution is -2.35. The first kappa shape index (κ1) is 17.9. The Hall–Kier alpha value is -3.53.